The van der Waals surface area contributed by atoms with Crippen molar-refractivity contribution >= 4 is 5.90 Å². The Morgan fingerprint density at radius 3 is 2.27 bits per heavy atom. The van der Waals surface area contributed by atoms with Gasteiger partial charge in [-0.3, -0.25) is 0 Å². The molecule has 1 rings (SSSR count). The fourth-order valence-electron chi connectivity index (χ4n) is 2.50. The van der Waals surface area contributed by atoms with Crippen molar-refractivity contribution in [2.45, 2.75) is 46.6 Å². The van der Waals surface area contributed by atoms with Crippen molar-refractivity contribution in [1.82, 2.24) is 0 Å². The number of hydrogen-bond donors (Lipinski definition) is 0. The van der Waals surface area contributed by atoms with Crippen molar-refractivity contribution in [3.63, 3.8) is 0 Å². The lowest BCUT2D eigenvalue weighted by atomic mass is 9.94. The molecule has 1 fully saturated rings. The van der Waals surface area contributed by atoms with Gasteiger partial charge in [0.05, 0.1) is 19.4 Å². The SMILES string of the molecule is C/C=C(\C)C1(C)CC1(C)/[N+](C)=C(/C)OC. The lowest BCUT2D eigenvalue weighted by Gasteiger charge is -2.17. The Labute approximate surface area is 93.6 Å². The van der Waals surface area contributed by atoms with Gasteiger partial charge >= 0.3 is 5.90 Å². The first kappa shape index (κ1) is 12.3. The van der Waals surface area contributed by atoms with Gasteiger partial charge in [-0.1, -0.05) is 11.6 Å². The van der Waals surface area contributed by atoms with Gasteiger partial charge < -0.3 is 4.74 Å². The minimum absolute atomic E-state index is 0.212. The van der Waals surface area contributed by atoms with Gasteiger partial charge in [-0.05, 0) is 20.8 Å². The highest BCUT2D eigenvalue weighted by Gasteiger charge is 2.70. The third-order valence-electron chi connectivity index (χ3n) is 4.57. The predicted octanol–water partition coefficient (Wildman–Crippen LogP) is 2.83. The van der Waals surface area contributed by atoms with E-state index < -0.39 is 0 Å². The predicted molar refractivity (Wildman–Crippen MR) is 64.4 cm³/mol. The molecular formula is C13H24NO+. The van der Waals surface area contributed by atoms with Gasteiger partial charge in [0, 0.05) is 13.3 Å². The molecule has 15 heavy (non-hydrogen) atoms. The van der Waals surface area contributed by atoms with Gasteiger partial charge in [-0.2, -0.15) is 4.58 Å². The molecule has 2 unspecified atom stereocenters. The Kier molecular flexibility index (Phi) is 2.99. The molecule has 0 spiro atoms. The van der Waals surface area contributed by atoms with Crippen LogP contribution in [0.2, 0.25) is 0 Å². The zero-order chi connectivity index (χ0) is 11.9. The zero-order valence-electron chi connectivity index (χ0n) is 11.1. The quantitative estimate of drug-likeness (QED) is 0.295. The van der Waals surface area contributed by atoms with Gasteiger partial charge in [0.25, 0.3) is 0 Å². The minimum atomic E-state index is 0.212. The molecule has 1 aliphatic carbocycles. The summed E-state index contributed by atoms with van der Waals surface area (Å²) in [6.07, 6.45) is 3.43. The first-order valence-corrected chi connectivity index (χ1v) is 5.58. The molecule has 1 saturated carbocycles. The van der Waals surface area contributed by atoms with Crippen LogP contribution in [0, 0.1) is 5.41 Å². The molecule has 0 heterocycles. The summed E-state index contributed by atoms with van der Waals surface area (Å²) in [5.74, 6) is 0.991. The van der Waals surface area contributed by atoms with Crippen LogP contribution in [0.4, 0.5) is 0 Å². The van der Waals surface area contributed by atoms with Crippen molar-refractivity contribution < 1.29 is 9.31 Å². The molecule has 0 amide bonds. The summed E-state index contributed by atoms with van der Waals surface area (Å²) in [6.45, 7) is 11.0. The third kappa shape index (κ3) is 1.60. The van der Waals surface area contributed by atoms with Crippen LogP contribution in [0.1, 0.15) is 41.0 Å². The van der Waals surface area contributed by atoms with Gasteiger partial charge in [0.1, 0.15) is 7.05 Å². The van der Waals surface area contributed by atoms with Crippen molar-refractivity contribution in [1.29, 1.82) is 0 Å². The summed E-state index contributed by atoms with van der Waals surface area (Å²) in [7, 11) is 3.85. The van der Waals surface area contributed by atoms with E-state index in [9.17, 15) is 0 Å². The molecule has 0 saturated heterocycles. The monoisotopic (exact) mass is 210 g/mol. The molecule has 0 aliphatic heterocycles. The number of methoxy groups -OCH3 is 1. The van der Waals surface area contributed by atoms with Crippen LogP contribution in [-0.4, -0.2) is 30.2 Å². The first-order chi connectivity index (χ1) is 6.83. The average molecular weight is 210 g/mol. The van der Waals surface area contributed by atoms with Gasteiger partial charge in [-0.15, -0.1) is 0 Å². The van der Waals surface area contributed by atoms with Gasteiger partial charge in [0.2, 0.25) is 0 Å². The molecule has 0 aromatic heterocycles. The zero-order valence-corrected chi connectivity index (χ0v) is 11.1. The fourth-order valence-corrected chi connectivity index (χ4v) is 2.50. The first-order valence-electron chi connectivity index (χ1n) is 5.58. The summed E-state index contributed by atoms with van der Waals surface area (Å²) in [5.41, 5.74) is 1.99. The van der Waals surface area contributed by atoms with Crippen LogP contribution in [0.5, 0.6) is 0 Å². The lowest BCUT2D eigenvalue weighted by molar-refractivity contribution is -0.564. The van der Waals surface area contributed by atoms with Crippen molar-refractivity contribution in [3.05, 3.63) is 11.6 Å². The molecule has 0 N–H and O–H groups in total. The minimum Gasteiger partial charge on any atom is -0.452 e. The second kappa shape index (κ2) is 3.66. The van der Waals surface area contributed by atoms with Gasteiger partial charge in [-0.25, -0.2) is 0 Å². The fraction of sp³-hybridized carbons (Fsp3) is 0.769. The Balaban J connectivity index is 3.02. The number of rotatable bonds is 2. The highest BCUT2D eigenvalue weighted by molar-refractivity contribution is 5.67. The van der Waals surface area contributed by atoms with Crippen LogP contribution in [0.15, 0.2) is 11.6 Å². The Morgan fingerprint density at radius 1 is 1.33 bits per heavy atom. The summed E-state index contributed by atoms with van der Waals surface area (Å²) >= 11 is 0. The highest BCUT2D eigenvalue weighted by Crippen LogP contribution is 2.62. The third-order valence-corrected chi connectivity index (χ3v) is 4.57. The van der Waals surface area contributed by atoms with E-state index in [2.05, 4.69) is 45.4 Å². The molecule has 0 bridgehead atoms. The summed E-state index contributed by atoms with van der Waals surface area (Å²) < 4.78 is 7.57. The second-order valence-electron chi connectivity index (χ2n) is 5.04. The Hall–Kier alpha value is -0.790. The van der Waals surface area contributed by atoms with Crippen LogP contribution >= 0.6 is 0 Å². The molecule has 2 heteroatoms. The van der Waals surface area contributed by atoms with Crippen LogP contribution in [0.25, 0.3) is 0 Å². The molecular weight excluding hydrogens is 186 g/mol. The van der Waals surface area contributed by atoms with Gasteiger partial charge in [0.15, 0.2) is 5.54 Å². The molecule has 86 valence electrons. The number of allylic oxidation sites excluding steroid dienone is 1. The normalized spacial score (nSPS) is 37.4. The number of hydrogen-bond acceptors (Lipinski definition) is 1. The van der Waals surface area contributed by atoms with E-state index in [0.29, 0.717) is 5.41 Å². The molecule has 2 atom stereocenters. The van der Waals surface area contributed by atoms with Crippen molar-refractivity contribution in [2.75, 3.05) is 14.2 Å². The summed E-state index contributed by atoms with van der Waals surface area (Å²) in [5, 5.41) is 0. The Morgan fingerprint density at radius 2 is 1.87 bits per heavy atom. The van der Waals surface area contributed by atoms with E-state index in [1.807, 2.05) is 6.92 Å². The smallest absolute Gasteiger partial charge is 0.333 e. The largest absolute Gasteiger partial charge is 0.452 e. The number of ether oxygens (including phenoxy) is 1. The van der Waals surface area contributed by atoms with E-state index >= 15 is 0 Å². The molecule has 0 aromatic rings. The summed E-state index contributed by atoms with van der Waals surface area (Å²) in [4.78, 5) is 0. The lowest BCUT2D eigenvalue weighted by Crippen LogP contribution is -2.33. The number of nitrogens with zero attached hydrogens (tertiary/aromatic N) is 1. The van der Waals surface area contributed by atoms with Crippen LogP contribution in [-0.2, 0) is 4.74 Å². The van der Waals surface area contributed by atoms with E-state index in [1.54, 1.807) is 7.11 Å². The maximum atomic E-state index is 5.31. The molecule has 1 aliphatic rings. The van der Waals surface area contributed by atoms with Crippen LogP contribution in [0.3, 0.4) is 0 Å². The van der Waals surface area contributed by atoms with E-state index in [-0.39, 0.29) is 5.54 Å². The molecule has 0 aromatic carbocycles. The van der Waals surface area contributed by atoms with E-state index in [0.717, 1.165) is 5.90 Å². The maximum absolute atomic E-state index is 5.31. The summed E-state index contributed by atoms with van der Waals surface area (Å²) in [6, 6.07) is 0. The standard InChI is InChI=1S/C13H24NO/c1-8-10(2)12(4)9-13(12,5)14(6)11(3)15-7/h8H,9H2,1-7H3/q+1/b10-8+,14-11-. The second-order valence-corrected chi connectivity index (χ2v) is 5.04. The van der Waals surface area contributed by atoms with E-state index in [1.165, 1.54) is 12.0 Å². The molecule has 2 nitrogen and oxygen atoms in total. The topological polar surface area (TPSA) is 12.2 Å². The van der Waals surface area contributed by atoms with E-state index in [4.69, 9.17) is 4.74 Å². The van der Waals surface area contributed by atoms with Crippen molar-refractivity contribution in [2.24, 2.45) is 5.41 Å². The Bertz CT molecular complexity index is 329. The maximum Gasteiger partial charge on any atom is 0.333 e. The molecule has 0 radical (unpaired) electrons. The highest BCUT2D eigenvalue weighted by atomic mass is 16.5. The van der Waals surface area contributed by atoms with Crippen molar-refractivity contribution in [3.8, 4) is 0 Å². The average Bonchev–Trinajstić information content (AvgIpc) is 2.81. The van der Waals surface area contributed by atoms with Crippen LogP contribution < -0.4 is 0 Å².